The number of rotatable bonds is 7. The van der Waals surface area contributed by atoms with Gasteiger partial charge in [0.15, 0.2) is 0 Å². The van der Waals surface area contributed by atoms with Crippen LogP contribution in [-0.2, 0) is 11.2 Å². The minimum Gasteiger partial charge on any atom is -0.508 e. The predicted molar refractivity (Wildman–Crippen MR) is 88.2 cm³/mol. The second kappa shape index (κ2) is 8.67. The summed E-state index contributed by atoms with van der Waals surface area (Å²) < 4.78 is 12.8. The summed E-state index contributed by atoms with van der Waals surface area (Å²) in [5.74, 6) is -0.721. The van der Waals surface area contributed by atoms with Crippen molar-refractivity contribution in [1.82, 2.24) is 10.6 Å². The molecule has 0 heterocycles. The zero-order chi connectivity index (χ0) is 17.4. The predicted octanol–water partition coefficient (Wildman–Crippen LogP) is 2.01. The van der Waals surface area contributed by atoms with Crippen LogP contribution in [0.15, 0.2) is 48.5 Å². The summed E-state index contributed by atoms with van der Waals surface area (Å²) in [5, 5.41) is 14.8. The van der Waals surface area contributed by atoms with Crippen LogP contribution in [0, 0.1) is 5.82 Å². The topological polar surface area (TPSA) is 78.4 Å². The molecule has 0 saturated carbocycles. The maximum Gasteiger partial charge on any atom is 0.251 e. The van der Waals surface area contributed by atoms with Gasteiger partial charge in [-0.1, -0.05) is 18.2 Å². The number of hydrogen-bond acceptors (Lipinski definition) is 3. The number of carbonyl (C=O) groups is 2. The number of phenols is 1. The molecule has 3 N–H and O–H groups in total. The molecule has 126 valence electrons. The van der Waals surface area contributed by atoms with Crippen molar-refractivity contribution in [3.8, 4) is 5.75 Å². The number of halogens is 1. The molecular weight excluding hydrogens is 311 g/mol. The van der Waals surface area contributed by atoms with Crippen LogP contribution in [0.3, 0.4) is 0 Å². The van der Waals surface area contributed by atoms with Crippen LogP contribution < -0.4 is 10.6 Å². The van der Waals surface area contributed by atoms with Gasteiger partial charge in [-0.25, -0.2) is 4.39 Å². The molecule has 0 bridgehead atoms. The van der Waals surface area contributed by atoms with Crippen LogP contribution >= 0.6 is 0 Å². The summed E-state index contributed by atoms with van der Waals surface area (Å²) >= 11 is 0. The molecule has 0 spiro atoms. The summed E-state index contributed by atoms with van der Waals surface area (Å²) in [6.07, 6.45) is 0.773. The second-order valence-electron chi connectivity index (χ2n) is 5.31. The lowest BCUT2D eigenvalue weighted by Crippen LogP contribution is -2.30. The maximum atomic E-state index is 12.8. The molecule has 0 atom stereocenters. The van der Waals surface area contributed by atoms with E-state index in [1.165, 1.54) is 24.3 Å². The number of phenolic OH excluding ortho intramolecular Hbond substituents is 1. The highest BCUT2D eigenvalue weighted by molar-refractivity contribution is 5.94. The van der Waals surface area contributed by atoms with E-state index in [1.54, 1.807) is 24.3 Å². The minimum absolute atomic E-state index is 0.0377. The molecule has 0 radical (unpaired) electrons. The summed E-state index contributed by atoms with van der Waals surface area (Å²) in [6.45, 7) is 0.839. The molecule has 2 amide bonds. The third-order valence-electron chi connectivity index (χ3n) is 3.35. The van der Waals surface area contributed by atoms with E-state index in [9.17, 15) is 19.1 Å². The summed E-state index contributed by atoms with van der Waals surface area (Å²) in [6, 6.07) is 11.9. The van der Waals surface area contributed by atoms with Gasteiger partial charge in [0.25, 0.3) is 5.91 Å². The highest BCUT2D eigenvalue weighted by atomic mass is 19.1. The van der Waals surface area contributed by atoms with Gasteiger partial charge in [-0.2, -0.15) is 0 Å². The number of amides is 2. The Balaban J connectivity index is 1.63. The van der Waals surface area contributed by atoms with E-state index < -0.39 is 0 Å². The third-order valence-corrected chi connectivity index (χ3v) is 3.35. The summed E-state index contributed by atoms with van der Waals surface area (Å²) in [4.78, 5) is 23.6. The first-order valence-corrected chi connectivity index (χ1v) is 7.63. The fourth-order valence-corrected chi connectivity index (χ4v) is 2.12. The lowest BCUT2D eigenvalue weighted by atomic mass is 10.1. The van der Waals surface area contributed by atoms with E-state index in [4.69, 9.17) is 0 Å². The van der Waals surface area contributed by atoms with E-state index in [1.807, 2.05) is 0 Å². The van der Waals surface area contributed by atoms with Crippen LogP contribution in [0.2, 0.25) is 0 Å². The van der Waals surface area contributed by atoms with Gasteiger partial charge in [0, 0.05) is 18.7 Å². The summed E-state index contributed by atoms with van der Waals surface area (Å²) in [5.41, 5.74) is 1.13. The molecule has 6 heteroatoms. The highest BCUT2D eigenvalue weighted by Gasteiger charge is 2.06. The molecule has 2 rings (SSSR count). The molecule has 0 aliphatic rings. The van der Waals surface area contributed by atoms with Crippen LogP contribution in [0.1, 0.15) is 22.3 Å². The van der Waals surface area contributed by atoms with Crippen molar-refractivity contribution in [3.05, 3.63) is 65.5 Å². The Hall–Kier alpha value is -2.89. The number of nitrogens with one attached hydrogen (secondary N) is 2. The van der Waals surface area contributed by atoms with E-state index >= 15 is 0 Å². The lowest BCUT2D eigenvalue weighted by Gasteiger charge is -2.07. The monoisotopic (exact) mass is 330 g/mol. The molecule has 0 aliphatic heterocycles. The van der Waals surface area contributed by atoms with Crippen LogP contribution in [-0.4, -0.2) is 30.0 Å². The van der Waals surface area contributed by atoms with E-state index in [2.05, 4.69) is 10.6 Å². The minimum atomic E-state index is -0.332. The third kappa shape index (κ3) is 5.72. The largest absolute Gasteiger partial charge is 0.508 e. The Morgan fingerprint density at radius 1 is 1.00 bits per heavy atom. The smallest absolute Gasteiger partial charge is 0.251 e. The van der Waals surface area contributed by atoms with Gasteiger partial charge in [0.05, 0.1) is 6.42 Å². The Labute approximate surface area is 139 Å². The number of aromatic hydroxyl groups is 1. The van der Waals surface area contributed by atoms with Gasteiger partial charge in [-0.15, -0.1) is 0 Å². The van der Waals surface area contributed by atoms with Crippen LogP contribution in [0.4, 0.5) is 4.39 Å². The number of carbonyl (C=O) groups excluding carboxylic acids is 2. The normalized spacial score (nSPS) is 10.2. The van der Waals surface area contributed by atoms with Gasteiger partial charge < -0.3 is 15.7 Å². The fourth-order valence-electron chi connectivity index (χ4n) is 2.12. The van der Waals surface area contributed by atoms with Crippen molar-refractivity contribution in [1.29, 1.82) is 0 Å². The Morgan fingerprint density at radius 3 is 2.42 bits per heavy atom. The molecule has 0 saturated heterocycles. The van der Waals surface area contributed by atoms with Crippen LogP contribution in [0.5, 0.6) is 5.75 Å². The first-order chi connectivity index (χ1) is 11.5. The fraction of sp³-hybridized carbons (Fsp3) is 0.222. The molecular formula is C18H19FN2O3. The number of hydrogen-bond donors (Lipinski definition) is 3. The Morgan fingerprint density at radius 2 is 1.71 bits per heavy atom. The average molecular weight is 330 g/mol. The standard InChI is InChI=1S/C18H19FN2O3/c19-15-7-5-13(6-8-15)11-17(23)20-9-2-10-21-18(24)14-3-1-4-16(22)12-14/h1,3-8,12,22H,2,9-11H2,(H,20,23)(H,21,24). The van der Waals surface area contributed by atoms with Crippen molar-refractivity contribution in [3.63, 3.8) is 0 Å². The zero-order valence-electron chi connectivity index (χ0n) is 13.1. The first kappa shape index (κ1) is 17.5. The van der Waals surface area contributed by atoms with E-state index in [-0.39, 0.29) is 29.8 Å². The molecule has 5 nitrogen and oxygen atoms in total. The average Bonchev–Trinajstić information content (AvgIpc) is 2.56. The maximum absolute atomic E-state index is 12.8. The lowest BCUT2D eigenvalue weighted by molar-refractivity contribution is -0.120. The van der Waals surface area contributed by atoms with Gasteiger partial charge >= 0.3 is 0 Å². The molecule has 0 fully saturated rings. The van der Waals surface area contributed by atoms with Crippen LogP contribution in [0.25, 0.3) is 0 Å². The van der Waals surface area contributed by atoms with Crippen molar-refractivity contribution >= 4 is 11.8 Å². The molecule has 2 aromatic rings. The SMILES string of the molecule is O=C(Cc1ccc(F)cc1)NCCCNC(=O)c1cccc(O)c1. The van der Waals surface area contributed by atoms with E-state index in [0.717, 1.165) is 5.56 Å². The highest BCUT2D eigenvalue weighted by Crippen LogP contribution is 2.10. The van der Waals surface area contributed by atoms with Gasteiger partial charge in [0.1, 0.15) is 11.6 Å². The molecule has 0 unspecified atom stereocenters. The van der Waals surface area contributed by atoms with Crippen molar-refractivity contribution in [2.75, 3.05) is 13.1 Å². The van der Waals surface area contributed by atoms with Gasteiger partial charge in [-0.3, -0.25) is 9.59 Å². The second-order valence-corrected chi connectivity index (χ2v) is 5.31. The first-order valence-electron chi connectivity index (χ1n) is 7.63. The van der Waals surface area contributed by atoms with Gasteiger partial charge in [0.2, 0.25) is 5.91 Å². The molecule has 0 aromatic heterocycles. The Kier molecular flexibility index (Phi) is 6.31. The molecule has 2 aromatic carbocycles. The number of benzene rings is 2. The van der Waals surface area contributed by atoms with Crippen molar-refractivity contribution in [2.45, 2.75) is 12.8 Å². The quantitative estimate of drug-likeness (QED) is 0.680. The molecule has 0 aliphatic carbocycles. The van der Waals surface area contributed by atoms with Gasteiger partial charge in [-0.05, 0) is 42.3 Å². The van der Waals surface area contributed by atoms with Crippen molar-refractivity contribution in [2.24, 2.45) is 0 Å². The van der Waals surface area contributed by atoms with Crippen molar-refractivity contribution < 1.29 is 19.1 Å². The zero-order valence-corrected chi connectivity index (χ0v) is 13.1. The Bertz CT molecular complexity index is 702. The summed E-state index contributed by atoms with van der Waals surface area (Å²) in [7, 11) is 0. The van der Waals surface area contributed by atoms with E-state index in [0.29, 0.717) is 25.1 Å². The molecule has 24 heavy (non-hydrogen) atoms.